The van der Waals surface area contributed by atoms with Gasteiger partial charge in [0, 0.05) is 18.6 Å². The average Bonchev–Trinajstić information content (AvgIpc) is 2.61. The van der Waals surface area contributed by atoms with Crippen LogP contribution in [0.5, 0.6) is 0 Å². The van der Waals surface area contributed by atoms with Crippen molar-refractivity contribution in [1.82, 2.24) is 10.2 Å². The largest absolute Gasteiger partial charge is 0.351 e. The van der Waals surface area contributed by atoms with Gasteiger partial charge < -0.3 is 16.0 Å². The van der Waals surface area contributed by atoms with Crippen molar-refractivity contribution in [1.29, 1.82) is 0 Å². The van der Waals surface area contributed by atoms with Gasteiger partial charge in [0.2, 0.25) is 5.91 Å². The molecule has 0 aliphatic rings. The first-order valence-electron chi connectivity index (χ1n) is 8.77. The Bertz CT molecular complexity index is 643. The van der Waals surface area contributed by atoms with Crippen molar-refractivity contribution >= 4 is 5.91 Å². The molecule has 2 aromatic carbocycles. The summed E-state index contributed by atoms with van der Waals surface area (Å²) < 4.78 is 0. The third kappa shape index (κ3) is 6.00. The number of nitrogens with one attached hydrogen (secondary N) is 1. The van der Waals surface area contributed by atoms with Gasteiger partial charge in [-0.3, -0.25) is 4.79 Å². The molecule has 134 valence electrons. The van der Waals surface area contributed by atoms with Gasteiger partial charge in [0.05, 0.1) is 5.92 Å². The summed E-state index contributed by atoms with van der Waals surface area (Å²) in [5.74, 6) is -0.290. The zero-order chi connectivity index (χ0) is 18.2. The van der Waals surface area contributed by atoms with Gasteiger partial charge in [0.1, 0.15) is 0 Å². The number of likely N-dealkylation sites (N-methyl/N-ethyl adjacent to an activating group) is 1. The molecule has 0 bridgehead atoms. The number of carbonyl (C=O) groups is 1. The van der Waals surface area contributed by atoms with Gasteiger partial charge in [0.15, 0.2) is 0 Å². The first kappa shape index (κ1) is 19.2. The Labute approximate surface area is 151 Å². The monoisotopic (exact) mass is 339 g/mol. The third-order valence-corrected chi connectivity index (χ3v) is 4.39. The molecule has 0 saturated carbocycles. The number of benzene rings is 2. The Morgan fingerprint density at radius 1 is 1.04 bits per heavy atom. The topological polar surface area (TPSA) is 58.4 Å². The molecule has 4 nitrogen and oxygen atoms in total. The Morgan fingerprint density at radius 3 is 2.16 bits per heavy atom. The second kappa shape index (κ2) is 9.35. The number of nitrogens with zero attached hydrogens (tertiary/aromatic N) is 1. The molecule has 0 saturated heterocycles. The number of carbonyl (C=O) groups excluding carboxylic acids is 1. The van der Waals surface area contributed by atoms with Crippen molar-refractivity contribution in [3.63, 3.8) is 0 Å². The van der Waals surface area contributed by atoms with E-state index in [0.717, 1.165) is 18.5 Å². The van der Waals surface area contributed by atoms with Gasteiger partial charge in [0.25, 0.3) is 0 Å². The average molecular weight is 339 g/mol. The van der Waals surface area contributed by atoms with E-state index in [-0.39, 0.29) is 23.9 Å². The fourth-order valence-electron chi connectivity index (χ4n) is 2.96. The maximum atomic E-state index is 12.7. The molecule has 3 N–H and O–H groups in total. The fraction of sp³-hybridized carbons (Fsp3) is 0.381. The Balaban J connectivity index is 2.02. The lowest BCUT2D eigenvalue weighted by Crippen LogP contribution is -2.46. The SMILES string of the molecule is CC(C(=O)NC(Cc1ccccc1)CN(C)C)C(N)c1ccccc1. The summed E-state index contributed by atoms with van der Waals surface area (Å²) in [6.45, 7) is 2.68. The predicted octanol–water partition coefficient (Wildman–Crippen LogP) is 2.61. The smallest absolute Gasteiger partial charge is 0.225 e. The quantitative estimate of drug-likeness (QED) is 0.777. The second-order valence-corrected chi connectivity index (χ2v) is 6.88. The van der Waals surface area contributed by atoms with Gasteiger partial charge in [-0.1, -0.05) is 67.6 Å². The van der Waals surface area contributed by atoms with Crippen LogP contribution in [0, 0.1) is 5.92 Å². The van der Waals surface area contributed by atoms with Crippen LogP contribution in [0.1, 0.15) is 24.1 Å². The summed E-state index contributed by atoms with van der Waals surface area (Å²) in [5.41, 5.74) is 8.50. The minimum absolute atomic E-state index is 0.000802. The summed E-state index contributed by atoms with van der Waals surface area (Å²) in [5, 5.41) is 3.19. The summed E-state index contributed by atoms with van der Waals surface area (Å²) in [6.07, 6.45) is 0.804. The molecule has 0 aliphatic carbocycles. The van der Waals surface area contributed by atoms with E-state index in [1.54, 1.807) is 0 Å². The zero-order valence-corrected chi connectivity index (χ0v) is 15.4. The van der Waals surface area contributed by atoms with Crippen LogP contribution in [0.15, 0.2) is 60.7 Å². The number of nitrogens with two attached hydrogens (primary N) is 1. The number of hydrogen-bond donors (Lipinski definition) is 2. The standard InChI is InChI=1S/C21H29N3O/c1-16(20(22)18-12-8-5-9-13-18)21(25)23-19(15-24(2)3)14-17-10-6-4-7-11-17/h4-13,16,19-20H,14-15,22H2,1-3H3,(H,23,25). The van der Waals surface area contributed by atoms with Gasteiger partial charge >= 0.3 is 0 Å². The molecule has 4 heteroatoms. The highest BCUT2D eigenvalue weighted by Gasteiger charge is 2.24. The zero-order valence-electron chi connectivity index (χ0n) is 15.4. The van der Waals surface area contributed by atoms with Crippen molar-refractivity contribution in [3.05, 3.63) is 71.8 Å². The molecule has 0 radical (unpaired) electrons. The normalized spacial score (nSPS) is 14.8. The van der Waals surface area contributed by atoms with E-state index in [1.165, 1.54) is 5.56 Å². The number of amides is 1. The molecular weight excluding hydrogens is 310 g/mol. The molecule has 0 heterocycles. The lowest BCUT2D eigenvalue weighted by atomic mass is 9.94. The van der Waals surface area contributed by atoms with Crippen LogP contribution >= 0.6 is 0 Å². The Kier molecular flexibility index (Phi) is 7.16. The molecule has 1 amide bonds. The van der Waals surface area contributed by atoms with Crippen molar-refractivity contribution in [2.24, 2.45) is 11.7 Å². The molecule has 0 fully saturated rings. The molecule has 0 aromatic heterocycles. The summed E-state index contributed by atoms with van der Waals surface area (Å²) in [4.78, 5) is 14.8. The highest BCUT2D eigenvalue weighted by molar-refractivity contribution is 5.79. The predicted molar refractivity (Wildman–Crippen MR) is 103 cm³/mol. The van der Waals surface area contributed by atoms with Gasteiger partial charge in [-0.25, -0.2) is 0 Å². The lowest BCUT2D eigenvalue weighted by Gasteiger charge is -2.26. The van der Waals surface area contributed by atoms with Crippen LogP contribution in [-0.4, -0.2) is 37.5 Å². The first-order valence-corrected chi connectivity index (χ1v) is 8.77. The molecular formula is C21H29N3O. The van der Waals surface area contributed by atoms with E-state index < -0.39 is 0 Å². The Morgan fingerprint density at radius 2 is 1.60 bits per heavy atom. The third-order valence-electron chi connectivity index (χ3n) is 4.39. The first-order chi connectivity index (χ1) is 12.0. The summed E-state index contributed by atoms with van der Waals surface area (Å²) in [7, 11) is 4.03. The molecule has 25 heavy (non-hydrogen) atoms. The van der Waals surface area contributed by atoms with E-state index in [4.69, 9.17) is 5.73 Å². The molecule has 0 aliphatic heterocycles. The van der Waals surface area contributed by atoms with E-state index in [1.807, 2.05) is 69.6 Å². The molecule has 3 atom stereocenters. The van der Waals surface area contributed by atoms with Gasteiger partial charge in [-0.15, -0.1) is 0 Å². The van der Waals surface area contributed by atoms with E-state index in [0.29, 0.717) is 0 Å². The highest BCUT2D eigenvalue weighted by Crippen LogP contribution is 2.19. The summed E-state index contributed by atoms with van der Waals surface area (Å²) in [6, 6.07) is 19.8. The number of hydrogen-bond acceptors (Lipinski definition) is 3. The molecule has 2 rings (SSSR count). The van der Waals surface area contributed by atoms with Gasteiger partial charge in [-0.05, 0) is 31.6 Å². The van der Waals surface area contributed by atoms with Crippen LogP contribution in [0.25, 0.3) is 0 Å². The minimum Gasteiger partial charge on any atom is -0.351 e. The van der Waals surface area contributed by atoms with Crippen LogP contribution in [0.2, 0.25) is 0 Å². The highest BCUT2D eigenvalue weighted by atomic mass is 16.2. The molecule has 3 unspecified atom stereocenters. The van der Waals surface area contributed by atoms with Crippen LogP contribution in [0.3, 0.4) is 0 Å². The lowest BCUT2D eigenvalue weighted by molar-refractivity contribution is -0.126. The van der Waals surface area contributed by atoms with Crippen molar-refractivity contribution in [3.8, 4) is 0 Å². The molecule has 2 aromatic rings. The van der Waals surface area contributed by atoms with Crippen LogP contribution < -0.4 is 11.1 Å². The van der Waals surface area contributed by atoms with Crippen molar-refractivity contribution in [2.75, 3.05) is 20.6 Å². The Hall–Kier alpha value is -2.17. The van der Waals surface area contributed by atoms with E-state index >= 15 is 0 Å². The maximum Gasteiger partial charge on any atom is 0.225 e. The fourth-order valence-corrected chi connectivity index (χ4v) is 2.96. The van der Waals surface area contributed by atoms with Crippen LogP contribution in [0.4, 0.5) is 0 Å². The van der Waals surface area contributed by atoms with E-state index in [2.05, 4.69) is 22.3 Å². The van der Waals surface area contributed by atoms with Gasteiger partial charge in [-0.2, -0.15) is 0 Å². The summed E-state index contributed by atoms with van der Waals surface area (Å²) >= 11 is 0. The van der Waals surface area contributed by atoms with E-state index in [9.17, 15) is 4.79 Å². The van der Waals surface area contributed by atoms with Crippen molar-refractivity contribution in [2.45, 2.75) is 25.4 Å². The minimum atomic E-state index is -0.307. The number of rotatable bonds is 8. The maximum absolute atomic E-state index is 12.7. The van der Waals surface area contributed by atoms with Crippen LogP contribution in [-0.2, 0) is 11.2 Å². The second-order valence-electron chi connectivity index (χ2n) is 6.88. The van der Waals surface area contributed by atoms with Crippen molar-refractivity contribution < 1.29 is 4.79 Å². The molecule has 0 spiro atoms.